The third-order valence-electron chi connectivity index (χ3n) is 4.01. The zero-order valence-electron chi connectivity index (χ0n) is 15.3. The summed E-state index contributed by atoms with van der Waals surface area (Å²) in [5, 5.41) is 4.10. The van der Waals surface area contributed by atoms with E-state index in [-0.39, 0.29) is 0 Å². The van der Waals surface area contributed by atoms with Crippen LogP contribution in [0.1, 0.15) is 23.7 Å². The number of hydrogen-bond acceptors (Lipinski definition) is 4. The fraction of sp³-hybridized carbons (Fsp3) is 0.227. The molecule has 0 fully saturated rings. The van der Waals surface area contributed by atoms with E-state index in [4.69, 9.17) is 21.1 Å². The van der Waals surface area contributed by atoms with Gasteiger partial charge in [-0.05, 0) is 42.8 Å². The Hall–Kier alpha value is -2.56. The lowest BCUT2D eigenvalue weighted by molar-refractivity contribution is 0.269. The van der Waals surface area contributed by atoms with E-state index in [1.54, 1.807) is 6.20 Å². The summed E-state index contributed by atoms with van der Waals surface area (Å²) in [4.78, 5) is 4.31. The van der Waals surface area contributed by atoms with Crippen LogP contribution in [0.4, 0.5) is 0 Å². The van der Waals surface area contributed by atoms with Gasteiger partial charge in [0.2, 0.25) is 0 Å². The molecule has 1 aromatic heterocycles. The number of aromatic nitrogens is 1. The monoisotopic (exact) mass is 382 g/mol. The average Bonchev–Trinajstić information content (AvgIpc) is 2.69. The number of nitrogens with one attached hydrogen (secondary N) is 1. The van der Waals surface area contributed by atoms with Crippen LogP contribution in [0.5, 0.6) is 11.5 Å². The third kappa shape index (κ3) is 5.71. The van der Waals surface area contributed by atoms with E-state index in [0.29, 0.717) is 24.0 Å². The van der Waals surface area contributed by atoms with E-state index in [2.05, 4.69) is 10.3 Å². The van der Waals surface area contributed by atoms with Crippen LogP contribution in [0.2, 0.25) is 5.02 Å². The van der Waals surface area contributed by atoms with Crippen molar-refractivity contribution in [3.8, 4) is 11.5 Å². The summed E-state index contributed by atoms with van der Waals surface area (Å²) in [6.07, 6.45) is 1.80. The van der Waals surface area contributed by atoms with Crippen molar-refractivity contribution in [2.45, 2.75) is 26.6 Å². The molecule has 3 rings (SSSR count). The Balaban J connectivity index is 1.62. The van der Waals surface area contributed by atoms with Crippen LogP contribution in [-0.2, 0) is 19.7 Å². The van der Waals surface area contributed by atoms with Crippen LogP contribution in [0.15, 0.2) is 66.9 Å². The molecule has 1 N–H and O–H groups in total. The van der Waals surface area contributed by atoms with Gasteiger partial charge in [0, 0.05) is 29.9 Å². The standard InChI is InChI=1S/C22H23ClN2O2/c1-2-26-22-13-17(14-24-15-19-8-5-6-12-25-19)10-11-21(22)27-16-18-7-3-4-9-20(18)23/h3-13,24H,2,14-16H2,1H3. The van der Waals surface area contributed by atoms with Crippen LogP contribution in [-0.4, -0.2) is 11.6 Å². The summed E-state index contributed by atoms with van der Waals surface area (Å²) in [6, 6.07) is 19.6. The summed E-state index contributed by atoms with van der Waals surface area (Å²) in [5.41, 5.74) is 3.09. The second-order valence-electron chi connectivity index (χ2n) is 6.02. The third-order valence-corrected chi connectivity index (χ3v) is 4.38. The molecule has 3 aromatic rings. The molecular weight excluding hydrogens is 360 g/mol. The summed E-state index contributed by atoms with van der Waals surface area (Å²) in [7, 11) is 0. The van der Waals surface area contributed by atoms with Crippen molar-refractivity contribution in [1.82, 2.24) is 10.3 Å². The van der Waals surface area contributed by atoms with Gasteiger partial charge < -0.3 is 14.8 Å². The van der Waals surface area contributed by atoms with Crippen molar-refractivity contribution < 1.29 is 9.47 Å². The van der Waals surface area contributed by atoms with Crippen molar-refractivity contribution in [3.63, 3.8) is 0 Å². The van der Waals surface area contributed by atoms with E-state index >= 15 is 0 Å². The Morgan fingerprint density at radius 1 is 0.926 bits per heavy atom. The Kier molecular flexibility index (Phi) is 7.08. The molecule has 0 unspecified atom stereocenters. The van der Waals surface area contributed by atoms with E-state index < -0.39 is 0 Å². The molecule has 5 heteroatoms. The number of pyridine rings is 1. The van der Waals surface area contributed by atoms with Gasteiger partial charge in [0.1, 0.15) is 6.61 Å². The zero-order chi connectivity index (χ0) is 18.9. The minimum absolute atomic E-state index is 0.400. The number of ether oxygens (including phenoxy) is 2. The zero-order valence-corrected chi connectivity index (χ0v) is 16.1. The highest BCUT2D eigenvalue weighted by atomic mass is 35.5. The van der Waals surface area contributed by atoms with Crippen molar-refractivity contribution >= 4 is 11.6 Å². The number of nitrogens with zero attached hydrogens (tertiary/aromatic N) is 1. The van der Waals surface area contributed by atoms with E-state index in [0.717, 1.165) is 35.7 Å². The maximum absolute atomic E-state index is 6.20. The molecular formula is C22H23ClN2O2. The van der Waals surface area contributed by atoms with E-state index in [1.807, 2.05) is 67.6 Å². The highest BCUT2D eigenvalue weighted by Gasteiger charge is 2.08. The molecule has 0 saturated heterocycles. The fourth-order valence-electron chi connectivity index (χ4n) is 2.66. The minimum atomic E-state index is 0.400. The Labute approximate surface area is 165 Å². The van der Waals surface area contributed by atoms with Crippen LogP contribution < -0.4 is 14.8 Å². The predicted molar refractivity (Wildman–Crippen MR) is 108 cm³/mol. The first-order valence-corrected chi connectivity index (χ1v) is 9.36. The van der Waals surface area contributed by atoms with Gasteiger partial charge >= 0.3 is 0 Å². The fourth-order valence-corrected chi connectivity index (χ4v) is 2.85. The molecule has 0 spiro atoms. The number of benzene rings is 2. The second-order valence-corrected chi connectivity index (χ2v) is 6.43. The molecule has 0 amide bonds. The molecule has 4 nitrogen and oxygen atoms in total. The van der Waals surface area contributed by atoms with Crippen LogP contribution in [0.25, 0.3) is 0 Å². The van der Waals surface area contributed by atoms with Gasteiger partial charge in [0.05, 0.1) is 12.3 Å². The maximum Gasteiger partial charge on any atom is 0.161 e. The van der Waals surface area contributed by atoms with Crippen LogP contribution in [0, 0.1) is 0 Å². The van der Waals surface area contributed by atoms with Crippen molar-refractivity contribution in [3.05, 3.63) is 88.7 Å². The topological polar surface area (TPSA) is 43.4 Å². The number of rotatable bonds is 9. The molecule has 0 aliphatic rings. The molecule has 2 aromatic carbocycles. The van der Waals surface area contributed by atoms with Gasteiger partial charge in [-0.3, -0.25) is 4.98 Å². The molecule has 0 bridgehead atoms. The summed E-state index contributed by atoms with van der Waals surface area (Å²) < 4.78 is 11.7. The molecule has 27 heavy (non-hydrogen) atoms. The first-order valence-electron chi connectivity index (χ1n) is 8.99. The minimum Gasteiger partial charge on any atom is -0.490 e. The van der Waals surface area contributed by atoms with Gasteiger partial charge in [-0.25, -0.2) is 0 Å². The normalized spacial score (nSPS) is 10.6. The molecule has 0 aliphatic carbocycles. The van der Waals surface area contributed by atoms with Crippen LogP contribution in [0.3, 0.4) is 0 Å². The molecule has 1 heterocycles. The molecule has 140 valence electrons. The maximum atomic E-state index is 6.20. The summed E-state index contributed by atoms with van der Waals surface area (Å²) in [5.74, 6) is 1.45. The predicted octanol–water partition coefficient (Wildman–Crippen LogP) is 5.00. The van der Waals surface area contributed by atoms with Crippen molar-refractivity contribution in [2.75, 3.05) is 6.61 Å². The Morgan fingerprint density at radius 3 is 2.56 bits per heavy atom. The molecule has 0 radical (unpaired) electrons. The Bertz CT molecular complexity index is 856. The van der Waals surface area contributed by atoms with Gasteiger partial charge in [0.15, 0.2) is 11.5 Å². The van der Waals surface area contributed by atoms with Gasteiger partial charge in [-0.15, -0.1) is 0 Å². The van der Waals surface area contributed by atoms with E-state index in [9.17, 15) is 0 Å². The van der Waals surface area contributed by atoms with Gasteiger partial charge in [-0.2, -0.15) is 0 Å². The quantitative estimate of drug-likeness (QED) is 0.565. The first kappa shape index (κ1) is 19.2. The number of hydrogen-bond donors (Lipinski definition) is 1. The summed E-state index contributed by atoms with van der Waals surface area (Å²) >= 11 is 6.20. The molecule has 0 aliphatic heterocycles. The van der Waals surface area contributed by atoms with Crippen molar-refractivity contribution in [1.29, 1.82) is 0 Å². The molecule has 0 saturated carbocycles. The first-order chi connectivity index (χ1) is 13.3. The lowest BCUT2D eigenvalue weighted by Crippen LogP contribution is -2.13. The van der Waals surface area contributed by atoms with E-state index in [1.165, 1.54) is 0 Å². The lowest BCUT2D eigenvalue weighted by atomic mass is 10.2. The largest absolute Gasteiger partial charge is 0.490 e. The highest BCUT2D eigenvalue weighted by Crippen LogP contribution is 2.30. The smallest absolute Gasteiger partial charge is 0.161 e. The second kappa shape index (κ2) is 9.95. The Morgan fingerprint density at radius 2 is 1.78 bits per heavy atom. The van der Waals surface area contributed by atoms with Gasteiger partial charge in [-0.1, -0.05) is 41.9 Å². The van der Waals surface area contributed by atoms with Crippen molar-refractivity contribution in [2.24, 2.45) is 0 Å². The van der Waals surface area contributed by atoms with Gasteiger partial charge in [0.25, 0.3) is 0 Å². The summed E-state index contributed by atoms with van der Waals surface area (Å²) in [6.45, 7) is 4.38. The van der Waals surface area contributed by atoms with Crippen LogP contribution >= 0.6 is 11.6 Å². The average molecular weight is 383 g/mol. The molecule has 0 atom stereocenters. The lowest BCUT2D eigenvalue weighted by Gasteiger charge is -2.14. The number of halogens is 1. The SMILES string of the molecule is CCOc1cc(CNCc2ccccn2)ccc1OCc1ccccc1Cl. The highest BCUT2D eigenvalue weighted by molar-refractivity contribution is 6.31.